The lowest BCUT2D eigenvalue weighted by molar-refractivity contribution is 0.932. The van der Waals surface area contributed by atoms with Crippen molar-refractivity contribution in [2.75, 3.05) is 0 Å². The van der Waals surface area contributed by atoms with Gasteiger partial charge in [-0.3, -0.25) is 4.79 Å². The maximum atomic E-state index is 11.7. The monoisotopic (exact) mass is 217 g/mol. The van der Waals surface area contributed by atoms with Crippen molar-refractivity contribution >= 4 is 27.0 Å². The van der Waals surface area contributed by atoms with Crippen molar-refractivity contribution in [1.82, 2.24) is 4.98 Å². The molecule has 1 aliphatic carbocycles. The van der Waals surface area contributed by atoms with Gasteiger partial charge in [0.25, 0.3) is 5.56 Å². The molecule has 0 saturated heterocycles. The summed E-state index contributed by atoms with van der Waals surface area (Å²) < 4.78 is 1.08. The van der Waals surface area contributed by atoms with Crippen LogP contribution in [0.15, 0.2) is 28.4 Å². The SMILES string of the molecule is O=c1[nH]c(C2=CCCC2)cc2sccc12. The fourth-order valence-corrected chi connectivity index (χ4v) is 2.89. The Labute approximate surface area is 91.3 Å². The first-order valence-corrected chi connectivity index (χ1v) is 6.02. The summed E-state index contributed by atoms with van der Waals surface area (Å²) in [5.74, 6) is 0. The number of thiophene rings is 1. The van der Waals surface area contributed by atoms with Crippen LogP contribution in [-0.4, -0.2) is 4.98 Å². The van der Waals surface area contributed by atoms with Gasteiger partial charge in [-0.2, -0.15) is 0 Å². The third-order valence-corrected chi connectivity index (χ3v) is 3.71. The molecule has 0 fully saturated rings. The number of pyridine rings is 1. The Hall–Kier alpha value is -1.35. The van der Waals surface area contributed by atoms with Gasteiger partial charge >= 0.3 is 0 Å². The van der Waals surface area contributed by atoms with E-state index in [9.17, 15) is 4.79 Å². The van der Waals surface area contributed by atoms with E-state index in [1.54, 1.807) is 11.3 Å². The molecule has 76 valence electrons. The second-order valence-electron chi connectivity index (χ2n) is 3.83. The first-order chi connectivity index (χ1) is 7.34. The number of aromatic nitrogens is 1. The Morgan fingerprint density at radius 2 is 2.33 bits per heavy atom. The van der Waals surface area contributed by atoms with Gasteiger partial charge in [0.05, 0.1) is 5.39 Å². The molecule has 2 nitrogen and oxygen atoms in total. The van der Waals surface area contributed by atoms with Crippen LogP contribution in [0, 0.1) is 0 Å². The molecule has 1 aliphatic rings. The molecule has 0 bridgehead atoms. The molecule has 0 aromatic carbocycles. The molecule has 3 heteroatoms. The van der Waals surface area contributed by atoms with Gasteiger partial charge in [0, 0.05) is 10.4 Å². The van der Waals surface area contributed by atoms with Crippen LogP contribution in [0.4, 0.5) is 0 Å². The van der Waals surface area contributed by atoms with Crippen molar-refractivity contribution in [3.63, 3.8) is 0 Å². The third-order valence-electron chi connectivity index (χ3n) is 2.85. The second kappa shape index (κ2) is 3.35. The summed E-state index contributed by atoms with van der Waals surface area (Å²) in [5.41, 5.74) is 2.34. The largest absolute Gasteiger partial charge is 0.322 e. The van der Waals surface area contributed by atoms with E-state index in [0.717, 1.165) is 28.6 Å². The fourth-order valence-electron chi connectivity index (χ4n) is 2.07. The number of hydrogen-bond acceptors (Lipinski definition) is 2. The number of rotatable bonds is 1. The first-order valence-electron chi connectivity index (χ1n) is 5.14. The van der Waals surface area contributed by atoms with Gasteiger partial charge in [0.1, 0.15) is 0 Å². The van der Waals surface area contributed by atoms with Crippen LogP contribution in [0.5, 0.6) is 0 Å². The molecule has 2 aromatic rings. The Morgan fingerprint density at radius 1 is 1.40 bits per heavy atom. The highest BCUT2D eigenvalue weighted by atomic mass is 32.1. The van der Waals surface area contributed by atoms with Crippen molar-refractivity contribution in [3.8, 4) is 0 Å². The third kappa shape index (κ3) is 1.43. The van der Waals surface area contributed by atoms with E-state index in [1.165, 1.54) is 12.0 Å². The van der Waals surface area contributed by atoms with Crippen LogP contribution < -0.4 is 5.56 Å². The zero-order valence-corrected chi connectivity index (χ0v) is 9.06. The predicted octanol–water partition coefficient (Wildman–Crippen LogP) is 3.16. The number of aromatic amines is 1. The molecule has 2 heterocycles. The molecule has 0 radical (unpaired) electrons. The van der Waals surface area contributed by atoms with Crippen LogP contribution in [0.3, 0.4) is 0 Å². The van der Waals surface area contributed by atoms with E-state index in [-0.39, 0.29) is 5.56 Å². The predicted molar refractivity (Wildman–Crippen MR) is 64.3 cm³/mol. The van der Waals surface area contributed by atoms with Crippen molar-refractivity contribution in [3.05, 3.63) is 39.6 Å². The van der Waals surface area contributed by atoms with Crippen LogP contribution in [0.2, 0.25) is 0 Å². The number of H-pyrrole nitrogens is 1. The molecule has 3 rings (SSSR count). The van der Waals surface area contributed by atoms with Gasteiger partial charge in [0.2, 0.25) is 0 Å². The second-order valence-corrected chi connectivity index (χ2v) is 4.78. The van der Waals surface area contributed by atoms with E-state index in [4.69, 9.17) is 0 Å². The summed E-state index contributed by atoms with van der Waals surface area (Å²) in [4.78, 5) is 14.7. The molecule has 0 aliphatic heterocycles. The number of allylic oxidation sites excluding steroid dienone is 2. The highest BCUT2D eigenvalue weighted by molar-refractivity contribution is 7.17. The maximum Gasteiger partial charge on any atom is 0.257 e. The summed E-state index contributed by atoms with van der Waals surface area (Å²) in [7, 11) is 0. The van der Waals surface area contributed by atoms with Gasteiger partial charge in [-0.25, -0.2) is 0 Å². The zero-order chi connectivity index (χ0) is 10.3. The van der Waals surface area contributed by atoms with Crippen molar-refractivity contribution in [2.45, 2.75) is 19.3 Å². The first kappa shape index (κ1) is 8.92. The molecular weight excluding hydrogens is 206 g/mol. The van der Waals surface area contributed by atoms with Crippen molar-refractivity contribution in [2.24, 2.45) is 0 Å². The summed E-state index contributed by atoms with van der Waals surface area (Å²) in [5, 5.41) is 2.77. The molecule has 0 spiro atoms. The Morgan fingerprint density at radius 3 is 3.13 bits per heavy atom. The highest BCUT2D eigenvalue weighted by Crippen LogP contribution is 2.28. The van der Waals surface area contributed by atoms with Crippen LogP contribution in [0.25, 0.3) is 15.7 Å². The van der Waals surface area contributed by atoms with E-state index in [1.807, 2.05) is 11.4 Å². The van der Waals surface area contributed by atoms with Gasteiger partial charge in [0.15, 0.2) is 0 Å². The average molecular weight is 217 g/mol. The van der Waals surface area contributed by atoms with Gasteiger partial charge in [-0.15, -0.1) is 11.3 Å². The molecule has 1 N–H and O–H groups in total. The summed E-state index contributed by atoms with van der Waals surface area (Å²) in [6.07, 6.45) is 5.66. The van der Waals surface area contributed by atoms with E-state index in [2.05, 4.69) is 17.1 Å². The zero-order valence-electron chi connectivity index (χ0n) is 8.25. The summed E-state index contributed by atoms with van der Waals surface area (Å²) in [6.45, 7) is 0. The van der Waals surface area contributed by atoms with Crippen molar-refractivity contribution < 1.29 is 0 Å². The number of fused-ring (bicyclic) bond motifs is 1. The van der Waals surface area contributed by atoms with Crippen molar-refractivity contribution in [1.29, 1.82) is 0 Å². The summed E-state index contributed by atoms with van der Waals surface area (Å²) >= 11 is 1.63. The Kier molecular flexibility index (Phi) is 1.99. The summed E-state index contributed by atoms with van der Waals surface area (Å²) in [6, 6.07) is 3.98. The number of nitrogens with one attached hydrogen (secondary N) is 1. The molecule has 15 heavy (non-hydrogen) atoms. The number of hydrogen-bond donors (Lipinski definition) is 1. The molecule has 0 unspecified atom stereocenters. The molecule has 0 saturated carbocycles. The lowest BCUT2D eigenvalue weighted by Gasteiger charge is -2.01. The molecule has 2 aromatic heterocycles. The van der Waals surface area contributed by atoms with E-state index < -0.39 is 0 Å². The van der Waals surface area contributed by atoms with E-state index >= 15 is 0 Å². The molecular formula is C12H11NOS. The maximum absolute atomic E-state index is 11.7. The lowest BCUT2D eigenvalue weighted by Crippen LogP contribution is -2.07. The Balaban J connectivity index is 2.24. The lowest BCUT2D eigenvalue weighted by atomic mass is 10.1. The van der Waals surface area contributed by atoms with Crippen LogP contribution >= 0.6 is 11.3 Å². The topological polar surface area (TPSA) is 32.9 Å². The van der Waals surface area contributed by atoms with E-state index in [0.29, 0.717) is 0 Å². The van der Waals surface area contributed by atoms with Gasteiger partial charge < -0.3 is 4.98 Å². The van der Waals surface area contributed by atoms with Gasteiger partial charge in [-0.1, -0.05) is 6.08 Å². The average Bonchev–Trinajstić information content (AvgIpc) is 2.88. The smallest absolute Gasteiger partial charge is 0.257 e. The normalized spacial score (nSPS) is 15.9. The highest BCUT2D eigenvalue weighted by Gasteiger charge is 2.10. The van der Waals surface area contributed by atoms with Crippen LogP contribution in [0.1, 0.15) is 25.0 Å². The minimum absolute atomic E-state index is 0.0385. The fraction of sp³-hybridized carbons (Fsp3) is 0.250. The minimum atomic E-state index is 0.0385. The van der Waals surface area contributed by atoms with Crippen LogP contribution in [-0.2, 0) is 0 Å². The standard InChI is InChI=1S/C12H11NOS/c14-12-9-5-6-15-11(9)7-10(13-12)8-3-1-2-4-8/h3,5-7H,1-2,4H2,(H,13,14). The minimum Gasteiger partial charge on any atom is -0.322 e. The molecule has 0 atom stereocenters. The Bertz CT molecular complexity index is 591. The van der Waals surface area contributed by atoms with Gasteiger partial charge in [-0.05, 0) is 42.3 Å². The quantitative estimate of drug-likeness (QED) is 0.782. The molecule has 0 amide bonds.